The van der Waals surface area contributed by atoms with Crippen LogP contribution in [0.5, 0.6) is 11.5 Å². The van der Waals surface area contributed by atoms with Gasteiger partial charge in [-0.15, -0.1) is 0 Å². The minimum atomic E-state index is -0.492. The van der Waals surface area contributed by atoms with E-state index in [1.54, 1.807) is 36.4 Å². The summed E-state index contributed by atoms with van der Waals surface area (Å²) >= 11 is 12.1. The molecule has 3 aromatic carbocycles. The molecule has 0 aliphatic carbocycles. The molecule has 1 N–H and O–H groups in total. The molecular formula is C24H21Cl2N3O5. The summed E-state index contributed by atoms with van der Waals surface area (Å²) < 4.78 is 11.5. The van der Waals surface area contributed by atoms with Crippen LogP contribution >= 0.6 is 23.2 Å². The first kappa shape index (κ1) is 25.0. The Bertz CT molecular complexity index is 1200. The van der Waals surface area contributed by atoms with Crippen molar-refractivity contribution in [1.82, 2.24) is 5.43 Å². The zero-order chi connectivity index (χ0) is 24.5. The summed E-state index contributed by atoms with van der Waals surface area (Å²) in [5.74, 6) is 0.705. The number of hydrogen-bond donors (Lipinski definition) is 1. The van der Waals surface area contributed by atoms with Gasteiger partial charge in [0.1, 0.15) is 6.61 Å². The quantitative estimate of drug-likeness (QED) is 0.222. The molecule has 1 amide bonds. The third-order valence-corrected chi connectivity index (χ3v) is 5.17. The average Bonchev–Trinajstić information content (AvgIpc) is 2.80. The minimum absolute atomic E-state index is 0.0315. The van der Waals surface area contributed by atoms with E-state index in [2.05, 4.69) is 10.5 Å². The van der Waals surface area contributed by atoms with Crippen molar-refractivity contribution in [3.8, 4) is 11.5 Å². The highest BCUT2D eigenvalue weighted by molar-refractivity contribution is 6.35. The fourth-order valence-corrected chi connectivity index (χ4v) is 3.39. The molecule has 0 saturated carbocycles. The van der Waals surface area contributed by atoms with Gasteiger partial charge in [0.15, 0.2) is 11.5 Å². The lowest BCUT2D eigenvalue weighted by molar-refractivity contribution is -0.384. The molecule has 0 aromatic heterocycles. The fourth-order valence-electron chi connectivity index (χ4n) is 2.93. The molecule has 0 unspecified atom stereocenters. The van der Waals surface area contributed by atoms with Crippen LogP contribution in [0, 0.1) is 10.1 Å². The van der Waals surface area contributed by atoms with E-state index in [9.17, 15) is 14.9 Å². The smallest absolute Gasteiger partial charge is 0.269 e. The van der Waals surface area contributed by atoms with E-state index in [-0.39, 0.29) is 24.6 Å². The van der Waals surface area contributed by atoms with Crippen LogP contribution in [0.2, 0.25) is 10.0 Å². The molecule has 0 aliphatic rings. The van der Waals surface area contributed by atoms with E-state index < -0.39 is 4.92 Å². The van der Waals surface area contributed by atoms with Crippen LogP contribution in [-0.4, -0.2) is 23.7 Å². The third-order valence-electron chi connectivity index (χ3n) is 4.58. The summed E-state index contributed by atoms with van der Waals surface area (Å²) in [6, 6.07) is 16.2. The predicted octanol–water partition coefficient (Wildman–Crippen LogP) is 5.57. The van der Waals surface area contributed by atoms with Crippen LogP contribution in [0.25, 0.3) is 0 Å². The van der Waals surface area contributed by atoms with Crippen LogP contribution in [-0.2, 0) is 17.8 Å². The molecular weight excluding hydrogens is 481 g/mol. The van der Waals surface area contributed by atoms with Crippen molar-refractivity contribution >= 4 is 41.0 Å². The molecule has 3 rings (SSSR count). The Labute approximate surface area is 206 Å². The monoisotopic (exact) mass is 501 g/mol. The first-order chi connectivity index (χ1) is 16.4. The van der Waals surface area contributed by atoms with Gasteiger partial charge in [0, 0.05) is 27.7 Å². The molecule has 8 nitrogen and oxygen atoms in total. The highest BCUT2D eigenvalue weighted by Gasteiger charge is 2.09. The van der Waals surface area contributed by atoms with Crippen molar-refractivity contribution in [2.24, 2.45) is 5.10 Å². The van der Waals surface area contributed by atoms with Gasteiger partial charge < -0.3 is 9.47 Å². The molecule has 0 bridgehead atoms. The Hall–Kier alpha value is -3.62. The van der Waals surface area contributed by atoms with E-state index >= 15 is 0 Å². The second kappa shape index (κ2) is 12.0. The standard InChI is InChI=1S/C24H21Cl2N3O5/c1-2-33-23-11-17(5-10-22(23)34-15-18-6-7-19(25)13-21(18)26)14-27-28-24(30)12-16-3-8-20(9-4-16)29(31)32/h3-11,13-14H,2,12,15H2,1H3,(H,28,30)/b27-14-. The van der Waals surface area contributed by atoms with Gasteiger partial charge in [-0.1, -0.05) is 41.4 Å². The first-order valence-electron chi connectivity index (χ1n) is 10.2. The normalized spacial score (nSPS) is 10.8. The maximum absolute atomic E-state index is 12.1. The molecule has 0 atom stereocenters. The lowest BCUT2D eigenvalue weighted by atomic mass is 10.1. The zero-order valence-electron chi connectivity index (χ0n) is 18.2. The van der Waals surface area contributed by atoms with Crippen molar-refractivity contribution in [3.05, 3.63) is 97.5 Å². The van der Waals surface area contributed by atoms with Gasteiger partial charge in [0.2, 0.25) is 5.91 Å². The maximum atomic E-state index is 12.1. The zero-order valence-corrected chi connectivity index (χ0v) is 19.7. The SMILES string of the molecule is CCOc1cc(/C=N\NC(=O)Cc2ccc([N+](=O)[O-])cc2)ccc1OCc1ccc(Cl)cc1Cl. The molecule has 0 radical (unpaired) electrons. The molecule has 0 fully saturated rings. The van der Waals surface area contributed by atoms with Crippen molar-refractivity contribution in [2.75, 3.05) is 6.61 Å². The number of nitro groups is 1. The van der Waals surface area contributed by atoms with Gasteiger partial charge in [0.05, 0.1) is 24.2 Å². The Morgan fingerprint density at radius 3 is 2.50 bits per heavy atom. The molecule has 0 saturated heterocycles. The van der Waals surface area contributed by atoms with Crippen molar-refractivity contribution in [1.29, 1.82) is 0 Å². The summed E-state index contributed by atoms with van der Waals surface area (Å²) in [6.45, 7) is 2.53. The van der Waals surface area contributed by atoms with Gasteiger partial charge in [-0.2, -0.15) is 5.10 Å². The number of hydrogen-bond acceptors (Lipinski definition) is 6. The highest BCUT2D eigenvalue weighted by Crippen LogP contribution is 2.30. The van der Waals surface area contributed by atoms with Gasteiger partial charge in [-0.3, -0.25) is 14.9 Å². The van der Waals surface area contributed by atoms with Gasteiger partial charge in [-0.05, 0) is 48.4 Å². The Morgan fingerprint density at radius 1 is 1.06 bits per heavy atom. The molecule has 176 valence electrons. The molecule has 3 aromatic rings. The van der Waals surface area contributed by atoms with E-state index in [0.29, 0.717) is 39.3 Å². The maximum Gasteiger partial charge on any atom is 0.269 e. The molecule has 0 heterocycles. The van der Waals surface area contributed by atoms with Gasteiger partial charge in [-0.25, -0.2) is 5.43 Å². The number of hydrazone groups is 1. The third kappa shape index (κ3) is 7.19. The summed E-state index contributed by atoms with van der Waals surface area (Å²) in [6.07, 6.45) is 1.52. The number of halogens is 2. The minimum Gasteiger partial charge on any atom is -0.490 e. The summed E-state index contributed by atoms with van der Waals surface area (Å²) in [7, 11) is 0. The van der Waals surface area contributed by atoms with Crippen LogP contribution in [0.1, 0.15) is 23.6 Å². The Kier molecular flexibility index (Phi) is 8.84. The molecule has 0 aliphatic heterocycles. The lowest BCUT2D eigenvalue weighted by Crippen LogP contribution is -2.19. The average molecular weight is 502 g/mol. The summed E-state index contributed by atoms with van der Waals surface area (Å²) in [5, 5.41) is 15.7. The molecule has 0 spiro atoms. The van der Waals surface area contributed by atoms with E-state index in [4.69, 9.17) is 32.7 Å². The predicted molar refractivity (Wildman–Crippen MR) is 131 cm³/mol. The van der Waals surface area contributed by atoms with Crippen LogP contribution in [0.15, 0.2) is 65.8 Å². The van der Waals surface area contributed by atoms with E-state index in [1.807, 2.05) is 6.92 Å². The largest absolute Gasteiger partial charge is 0.490 e. The number of non-ortho nitro benzene ring substituents is 1. The number of carbonyl (C=O) groups excluding carboxylic acids is 1. The van der Waals surface area contributed by atoms with Crippen LogP contribution < -0.4 is 14.9 Å². The number of carbonyl (C=O) groups is 1. The summed E-state index contributed by atoms with van der Waals surface area (Å²) in [4.78, 5) is 22.3. The van der Waals surface area contributed by atoms with Crippen molar-refractivity contribution in [3.63, 3.8) is 0 Å². The van der Waals surface area contributed by atoms with E-state index in [0.717, 1.165) is 5.56 Å². The number of nitrogens with zero attached hydrogens (tertiary/aromatic N) is 2. The Balaban J connectivity index is 1.60. The fraction of sp³-hybridized carbons (Fsp3) is 0.167. The summed E-state index contributed by atoms with van der Waals surface area (Å²) in [5.41, 5.74) is 4.52. The van der Waals surface area contributed by atoms with E-state index in [1.165, 1.54) is 30.5 Å². The molecule has 10 heteroatoms. The number of rotatable bonds is 10. The highest BCUT2D eigenvalue weighted by atomic mass is 35.5. The second-order valence-electron chi connectivity index (χ2n) is 7.06. The topological polar surface area (TPSA) is 103 Å². The first-order valence-corrected chi connectivity index (χ1v) is 11.0. The van der Waals surface area contributed by atoms with Gasteiger partial charge in [0.25, 0.3) is 5.69 Å². The number of benzene rings is 3. The number of ether oxygens (including phenoxy) is 2. The van der Waals surface area contributed by atoms with Crippen molar-refractivity contribution < 1.29 is 19.2 Å². The number of nitrogens with one attached hydrogen (secondary N) is 1. The lowest BCUT2D eigenvalue weighted by Gasteiger charge is -2.13. The van der Waals surface area contributed by atoms with Crippen LogP contribution in [0.3, 0.4) is 0 Å². The molecule has 34 heavy (non-hydrogen) atoms. The van der Waals surface area contributed by atoms with Gasteiger partial charge >= 0.3 is 0 Å². The van der Waals surface area contributed by atoms with Crippen LogP contribution in [0.4, 0.5) is 5.69 Å². The number of nitro benzene ring substituents is 1. The Morgan fingerprint density at radius 2 is 1.82 bits per heavy atom. The second-order valence-corrected chi connectivity index (χ2v) is 7.90. The van der Waals surface area contributed by atoms with Crippen molar-refractivity contribution in [2.45, 2.75) is 20.0 Å². The number of amides is 1.